The molecule has 1 heterocycles. The topological polar surface area (TPSA) is 108 Å². The van der Waals surface area contributed by atoms with Crippen molar-refractivity contribution in [2.24, 2.45) is 0 Å². The van der Waals surface area contributed by atoms with Gasteiger partial charge >= 0.3 is 0 Å². The maximum Gasteiger partial charge on any atom is 0.247 e. The molecule has 0 saturated carbocycles. The van der Waals surface area contributed by atoms with Crippen molar-refractivity contribution in [1.82, 2.24) is 9.71 Å². The SMILES string of the molecule is COCC(O)CCNS(=O)(=O)c1ccc(=O)[nH]c1. The number of ether oxygens (including phenoxy) is 1. The second-order valence-corrected chi connectivity index (χ2v) is 5.45. The molecule has 18 heavy (non-hydrogen) atoms. The summed E-state index contributed by atoms with van der Waals surface area (Å²) >= 11 is 0. The van der Waals surface area contributed by atoms with E-state index >= 15 is 0 Å². The van der Waals surface area contributed by atoms with Crippen LogP contribution in [0.5, 0.6) is 0 Å². The van der Waals surface area contributed by atoms with E-state index in [9.17, 15) is 18.3 Å². The average Bonchev–Trinajstić information content (AvgIpc) is 2.29. The first-order valence-corrected chi connectivity index (χ1v) is 6.79. The maximum atomic E-state index is 11.7. The van der Waals surface area contributed by atoms with Gasteiger partial charge in [0.15, 0.2) is 0 Å². The fourth-order valence-corrected chi connectivity index (χ4v) is 2.30. The predicted molar refractivity (Wildman–Crippen MR) is 64.8 cm³/mol. The minimum Gasteiger partial charge on any atom is -0.391 e. The Morgan fingerprint density at radius 1 is 1.50 bits per heavy atom. The first kappa shape index (κ1) is 14.8. The summed E-state index contributed by atoms with van der Waals surface area (Å²) in [6.45, 7) is 0.242. The number of aliphatic hydroxyl groups excluding tert-OH is 1. The van der Waals surface area contributed by atoms with Crippen LogP contribution in [-0.4, -0.2) is 44.9 Å². The maximum absolute atomic E-state index is 11.7. The van der Waals surface area contributed by atoms with Gasteiger partial charge in [-0.3, -0.25) is 4.79 Å². The Morgan fingerprint density at radius 2 is 2.22 bits per heavy atom. The summed E-state index contributed by atoms with van der Waals surface area (Å²) in [5.41, 5.74) is -0.371. The van der Waals surface area contributed by atoms with Crippen molar-refractivity contribution in [3.63, 3.8) is 0 Å². The third-order valence-electron chi connectivity index (χ3n) is 2.19. The molecular formula is C10H16N2O5S. The van der Waals surface area contributed by atoms with Gasteiger partial charge in [0, 0.05) is 25.9 Å². The third kappa shape index (κ3) is 4.57. The van der Waals surface area contributed by atoms with Gasteiger partial charge in [0.25, 0.3) is 0 Å². The Balaban J connectivity index is 2.55. The number of rotatable bonds is 7. The summed E-state index contributed by atoms with van der Waals surface area (Å²) in [7, 11) is -2.21. The van der Waals surface area contributed by atoms with E-state index in [4.69, 9.17) is 4.74 Å². The summed E-state index contributed by atoms with van der Waals surface area (Å²) in [6.07, 6.45) is 0.653. The lowest BCUT2D eigenvalue weighted by Gasteiger charge is -2.10. The van der Waals surface area contributed by atoms with Crippen molar-refractivity contribution in [2.45, 2.75) is 17.4 Å². The molecule has 0 bridgehead atoms. The summed E-state index contributed by atoms with van der Waals surface area (Å²) in [5.74, 6) is 0. The molecule has 0 aromatic carbocycles. The van der Waals surface area contributed by atoms with Crippen molar-refractivity contribution >= 4 is 10.0 Å². The monoisotopic (exact) mass is 276 g/mol. The van der Waals surface area contributed by atoms with Crippen LogP contribution in [0.1, 0.15) is 6.42 Å². The quantitative estimate of drug-likeness (QED) is 0.595. The van der Waals surface area contributed by atoms with Crippen molar-refractivity contribution < 1.29 is 18.3 Å². The second kappa shape index (κ2) is 6.64. The molecule has 0 saturated heterocycles. The minimum absolute atomic E-state index is 0.0247. The molecule has 1 unspecified atom stereocenters. The number of pyridine rings is 1. The predicted octanol–water partition coefficient (Wildman–Crippen LogP) is -0.949. The van der Waals surface area contributed by atoms with E-state index in [1.165, 1.54) is 13.2 Å². The Morgan fingerprint density at radius 3 is 2.78 bits per heavy atom. The fourth-order valence-electron chi connectivity index (χ4n) is 1.28. The van der Waals surface area contributed by atoms with Crippen LogP contribution in [-0.2, 0) is 14.8 Å². The van der Waals surface area contributed by atoms with Crippen molar-refractivity contribution in [2.75, 3.05) is 20.3 Å². The Kier molecular flexibility index (Phi) is 5.48. The highest BCUT2D eigenvalue weighted by Crippen LogP contribution is 2.04. The van der Waals surface area contributed by atoms with Crippen LogP contribution in [0.25, 0.3) is 0 Å². The van der Waals surface area contributed by atoms with E-state index in [-0.39, 0.29) is 30.0 Å². The fraction of sp³-hybridized carbons (Fsp3) is 0.500. The smallest absolute Gasteiger partial charge is 0.247 e. The van der Waals surface area contributed by atoms with E-state index in [2.05, 4.69) is 9.71 Å². The lowest BCUT2D eigenvalue weighted by atomic mass is 10.3. The standard InChI is InChI=1S/C10H16N2O5S/c1-17-7-8(13)4-5-12-18(15,16)9-2-3-10(14)11-6-9/h2-3,6,8,12-13H,4-5,7H2,1H3,(H,11,14). The first-order valence-electron chi connectivity index (χ1n) is 5.31. The summed E-state index contributed by atoms with van der Waals surface area (Å²) in [5, 5.41) is 9.35. The molecule has 102 valence electrons. The number of sulfonamides is 1. The van der Waals surface area contributed by atoms with Crippen molar-refractivity contribution in [1.29, 1.82) is 0 Å². The summed E-state index contributed by atoms with van der Waals surface area (Å²) in [6, 6.07) is 2.35. The molecule has 8 heteroatoms. The molecule has 0 fully saturated rings. The van der Waals surface area contributed by atoms with Gasteiger partial charge in [-0.2, -0.15) is 0 Å². The van der Waals surface area contributed by atoms with Crippen LogP contribution < -0.4 is 10.3 Å². The highest BCUT2D eigenvalue weighted by molar-refractivity contribution is 7.89. The molecule has 0 amide bonds. The number of aliphatic hydroxyl groups is 1. The lowest BCUT2D eigenvalue weighted by Crippen LogP contribution is -2.29. The summed E-state index contributed by atoms with van der Waals surface area (Å²) < 4.78 is 30.5. The molecule has 1 aromatic rings. The van der Waals surface area contributed by atoms with E-state index in [1.807, 2.05) is 0 Å². The molecule has 3 N–H and O–H groups in total. The highest BCUT2D eigenvalue weighted by atomic mass is 32.2. The number of methoxy groups -OCH3 is 1. The Labute approximate surface area is 105 Å². The third-order valence-corrected chi connectivity index (χ3v) is 3.65. The molecular weight excluding hydrogens is 260 g/mol. The molecule has 1 aromatic heterocycles. The van der Waals surface area contributed by atoms with Crippen LogP contribution >= 0.6 is 0 Å². The molecule has 7 nitrogen and oxygen atoms in total. The molecule has 0 aliphatic carbocycles. The van der Waals surface area contributed by atoms with Crippen LogP contribution in [0.15, 0.2) is 28.0 Å². The zero-order chi connectivity index (χ0) is 13.6. The molecule has 0 spiro atoms. The van der Waals surface area contributed by atoms with Gasteiger partial charge in [-0.25, -0.2) is 13.1 Å². The van der Waals surface area contributed by atoms with Gasteiger partial charge in [-0.1, -0.05) is 0 Å². The second-order valence-electron chi connectivity index (χ2n) is 3.68. The molecule has 1 rings (SSSR count). The van der Waals surface area contributed by atoms with E-state index < -0.39 is 16.1 Å². The van der Waals surface area contributed by atoms with Crippen LogP contribution in [0.2, 0.25) is 0 Å². The Hall–Kier alpha value is -1.22. The minimum atomic E-state index is -3.66. The van der Waals surface area contributed by atoms with E-state index in [0.29, 0.717) is 0 Å². The van der Waals surface area contributed by atoms with Crippen molar-refractivity contribution in [3.05, 3.63) is 28.7 Å². The lowest BCUT2D eigenvalue weighted by molar-refractivity contribution is 0.0603. The number of hydrogen-bond acceptors (Lipinski definition) is 5. The zero-order valence-corrected chi connectivity index (χ0v) is 10.7. The number of aromatic nitrogens is 1. The average molecular weight is 276 g/mol. The van der Waals surface area contributed by atoms with Crippen LogP contribution in [0.3, 0.4) is 0 Å². The van der Waals surface area contributed by atoms with Gasteiger partial charge in [-0.15, -0.1) is 0 Å². The zero-order valence-electron chi connectivity index (χ0n) is 9.92. The Bertz CT molecular complexity index is 505. The van der Waals surface area contributed by atoms with Crippen LogP contribution in [0.4, 0.5) is 0 Å². The van der Waals surface area contributed by atoms with Crippen LogP contribution in [0, 0.1) is 0 Å². The van der Waals surface area contributed by atoms with Gasteiger partial charge in [0.2, 0.25) is 15.6 Å². The number of aromatic amines is 1. The van der Waals surface area contributed by atoms with Crippen molar-refractivity contribution in [3.8, 4) is 0 Å². The largest absolute Gasteiger partial charge is 0.391 e. The number of hydrogen-bond donors (Lipinski definition) is 3. The van der Waals surface area contributed by atoms with Gasteiger partial charge in [0.1, 0.15) is 0 Å². The molecule has 0 aliphatic heterocycles. The molecule has 0 radical (unpaired) electrons. The first-order chi connectivity index (χ1) is 8.45. The van der Waals surface area contributed by atoms with Gasteiger partial charge in [-0.05, 0) is 12.5 Å². The number of nitrogens with one attached hydrogen (secondary N) is 2. The normalized spacial score (nSPS) is 13.4. The number of H-pyrrole nitrogens is 1. The van der Waals surface area contributed by atoms with Gasteiger partial charge in [0.05, 0.1) is 17.6 Å². The molecule has 1 atom stereocenters. The van der Waals surface area contributed by atoms with Gasteiger partial charge < -0.3 is 14.8 Å². The summed E-state index contributed by atoms with van der Waals surface area (Å²) in [4.78, 5) is 13.1. The van der Waals surface area contributed by atoms with E-state index in [0.717, 1.165) is 12.3 Å². The van der Waals surface area contributed by atoms with E-state index in [1.54, 1.807) is 0 Å². The molecule has 0 aliphatic rings. The highest BCUT2D eigenvalue weighted by Gasteiger charge is 2.14.